The molecule has 2 rings (SSSR count). The van der Waals surface area contributed by atoms with E-state index in [1.54, 1.807) is 0 Å². The molecule has 4 heteroatoms. The van der Waals surface area contributed by atoms with Crippen molar-refractivity contribution in [3.8, 4) is 0 Å². The molecule has 180 valence electrons. The van der Waals surface area contributed by atoms with Gasteiger partial charge in [0, 0.05) is 5.39 Å². The summed E-state index contributed by atoms with van der Waals surface area (Å²) in [4.78, 5) is 0.152. The maximum Gasteiger partial charge on any atom is 0.295 e. The van der Waals surface area contributed by atoms with E-state index >= 15 is 0 Å². The quantitative estimate of drug-likeness (QED) is 0.190. The number of fused-ring (bicyclic) bond motifs is 1. The van der Waals surface area contributed by atoms with Gasteiger partial charge >= 0.3 is 0 Å². The minimum absolute atomic E-state index is 0.152. The summed E-state index contributed by atoms with van der Waals surface area (Å²) >= 11 is 0. The van der Waals surface area contributed by atoms with E-state index in [-0.39, 0.29) is 4.90 Å². The second-order valence-corrected chi connectivity index (χ2v) is 10.6. The van der Waals surface area contributed by atoms with Crippen LogP contribution in [-0.2, 0) is 23.0 Å². The molecule has 0 saturated heterocycles. The summed E-state index contributed by atoms with van der Waals surface area (Å²) < 4.78 is 35.1. The Morgan fingerprint density at radius 1 is 0.688 bits per heavy atom. The van der Waals surface area contributed by atoms with Gasteiger partial charge in [0.25, 0.3) is 10.1 Å². The summed E-state index contributed by atoms with van der Waals surface area (Å²) in [6.07, 6.45) is 18.6. The Morgan fingerprint density at radius 2 is 1.19 bits per heavy atom. The van der Waals surface area contributed by atoms with E-state index in [0.29, 0.717) is 5.39 Å². The first-order chi connectivity index (χ1) is 15.5. The van der Waals surface area contributed by atoms with Crippen LogP contribution in [0.3, 0.4) is 0 Å². The van der Waals surface area contributed by atoms with Crippen molar-refractivity contribution in [1.82, 2.24) is 0 Å². The Morgan fingerprint density at radius 3 is 1.75 bits per heavy atom. The van der Waals surface area contributed by atoms with E-state index in [2.05, 4.69) is 19.9 Å². The number of benzene rings is 2. The topological polar surface area (TPSA) is 54.4 Å². The third-order valence-electron chi connectivity index (χ3n) is 6.53. The molecule has 0 heterocycles. The number of rotatable bonds is 17. The van der Waals surface area contributed by atoms with Crippen LogP contribution in [-0.4, -0.2) is 13.0 Å². The SMILES string of the molecule is CCCCCCCCCCc1c(CCCCCCCC)cc2ccccc2c1S(=O)(=O)O. The average Bonchev–Trinajstić information content (AvgIpc) is 2.76. The molecule has 0 bridgehead atoms. The molecule has 0 atom stereocenters. The first kappa shape index (κ1) is 26.9. The fraction of sp³-hybridized carbons (Fsp3) is 0.643. The average molecular weight is 461 g/mol. The molecule has 1 N–H and O–H groups in total. The molecule has 2 aromatic rings. The lowest BCUT2D eigenvalue weighted by Gasteiger charge is -2.17. The van der Waals surface area contributed by atoms with Gasteiger partial charge in [-0.05, 0) is 42.2 Å². The molecule has 0 unspecified atom stereocenters. The highest BCUT2D eigenvalue weighted by Crippen LogP contribution is 2.32. The van der Waals surface area contributed by atoms with E-state index < -0.39 is 10.1 Å². The molecule has 0 radical (unpaired) electrons. The second-order valence-electron chi connectivity index (χ2n) is 9.28. The maximum atomic E-state index is 12.5. The smallest absolute Gasteiger partial charge is 0.282 e. The fourth-order valence-electron chi connectivity index (χ4n) is 4.74. The highest BCUT2D eigenvalue weighted by molar-refractivity contribution is 7.86. The molecule has 0 saturated carbocycles. The van der Waals surface area contributed by atoms with Crippen LogP contribution >= 0.6 is 0 Å². The van der Waals surface area contributed by atoms with Crippen LogP contribution in [0, 0.1) is 0 Å². The molecular formula is C28H44O3S. The van der Waals surface area contributed by atoms with Crippen molar-refractivity contribution in [1.29, 1.82) is 0 Å². The van der Waals surface area contributed by atoms with Crippen LogP contribution < -0.4 is 0 Å². The van der Waals surface area contributed by atoms with Gasteiger partial charge in [-0.2, -0.15) is 8.42 Å². The fourth-order valence-corrected chi connectivity index (χ4v) is 5.74. The molecule has 32 heavy (non-hydrogen) atoms. The van der Waals surface area contributed by atoms with Crippen molar-refractivity contribution in [3.63, 3.8) is 0 Å². The highest BCUT2D eigenvalue weighted by atomic mass is 32.2. The molecule has 0 fully saturated rings. The molecular weight excluding hydrogens is 416 g/mol. The van der Waals surface area contributed by atoms with Crippen LogP contribution in [0.1, 0.15) is 115 Å². The predicted octanol–water partition coefficient (Wildman–Crippen LogP) is 8.67. The lowest BCUT2D eigenvalue weighted by atomic mass is 9.93. The van der Waals surface area contributed by atoms with Gasteiger partial charge in [0.05, 0.1) is 0 Å². The lowest BCUT2D eigenvalue weighted by molar-refractivity contribution is 0.482. The van der Waals surface area contributed by atoms with Crippen LogP contribution in [0.15, 0.2) is 35.2 Å². The van der Waals surface area contributed by atoms with Gasteiger partial charge in [0.15, 0.2) is 0 Å². The van der Waals surface area contributed by atoms with Crippen molar-refractivity contribution in [3.05, 3.63) is 41.5 Å². The van der Waals surface area contributed by atoms with Crippen LogP contribution in [0.4, 0.5) is 0 Å². The Kier molecular flexibility index (Phi) is 12.3. The van der Waals surface area contributed by atoms with Gasteiger partial charge < -0.3 is 0 Å². The Hall–Kier alpha value is -1.39. The summed E-state index contributed by atoms with van der Waals surface area (Å²) in [5, 5.41) is 1.55. The third-order valence-corrected chi connectivity index (χ3v) is 7.52. The van der Waals surface area contributed by atoms with Gasteiger partial charge in [-0.1, -0.05) is 121 Å². The van der Waals surface area contributed by atoms with Gasteiger partial charge in [-0.25, -0.2) is 0 Å². The summed E-state index contributed by atoms with van der Waals surface area (Å²) in [5.74, 6) is 0. The van der Waals surface area contributed by atoms with Gasteiger partial charge in [-0.15, -0.1) is 0 Å². The molecule has 0 amide bonds. The molecule has 0 aliphatic rings. The molecule has 0 aliphatic carbocycles. The first-order valence-electron chi connectivity index (χ1n) is 13.0. The number of hydrogen-bond acceptors (Lipinski definition) is 2. The summed E-state index contributed by atoms with van der Waals surface area (Å²) in [6, 6.07) is 9.72. The Labute approximate surface area is 196 Å². The second kappa shape index (κ2) is 14.7. The largest absolute Gasteiger partial charge is 0.295 e. The third kappa shape index (κ3) is 8.86. The zero-order valence-corrected chi connectivity index (χ0v) is 21.2. The monoisotopic (exact) mass is 460 g/mol. The first-order valence-corrected chi connectivity index (χ1v) is 14.4. The van der Waals surface area contributed by atoms with Crippen LogP contribution in [0.5, 0.6) is 0 Å². The zero-order valence-electron chi connectivity index (χ0n) is 20.4. The van der Waals surface area contributed by atoms with Crippen LogP contribution in [0.2, 0.25) is 0 Å². The van der Waals surface area contributed by atoms with Crippen molar-refractivity contribution in [2.24, 2.45) is 0 Å². The van der Waals surface area contributed by atoms with Crippen molar-refractivity contribution >= 4 is 20.9 Å². The summed E-state index contributed by atoms with van der Waals surface area (Å²) in [6.45, 7) is 4.46. The van der Waals surface area contributed by atoms with Crippen LogP contribution in [0.25, 0.3) is 10.8 Å². The highest BCUT2D eigenvalue weighted by Gasteiger charge is 2.22. The minimum Gasteiger partial charge on any atom is -0.282 e. The maximum absolute atomic E-state index is 12.5. The Bertz CT molecular complexity index is 902. The molecule has 0 aliphatic heterocycles. The number of aryl methyl sites for hydroxylation is 1. The standard InChI is InChI=1S/C28H44O3S/c1-3-5-7-9-11-12-14-16-21-26-24(19-15-13-10-8-6-4-2)23-25-20-17-18-22-27(25)28(26)32(29,30)31/h17-18,20,22-23H,3-16,19,21H2,1-2H3,(H,29,30,31). The van der Waals surface area contributed by atoms with Crippen molar-refractivity contribution in [2.45, 2.75) is 121 Å². The van der Waals surface area contributed by atoms with E-state index in [0.717, 1.165) is 48.6 Å². The summed E-state index contributed by atoms with van der Waals surface area (Å²) in [5.41, 5.74) is 1.96. The van der Waals surface area contributed by atoms with E-state index in [1.165, 1.54) is 70.6 Å². The van der Waals surface area contributed by atoms with Gasteiger partial charge in [0.1, 0.15) is 4.90 Å². The number of hydrogen-bond donors (Lipinski definition) is 1. The number of unbranched alkanes of at least 4 members (excludes halogenated alkanes) is 12. The summed E-state index contributed by atoms with van der Waals surface area (Å²) in [7, 11) is -4.28. The lowest BCUT2D eigenvalue weighted by Crippen LogP contribution is -2.08. The van der Waals surface area contributed by atoms with E-state index in [4.69, 9.17) is 0 Å². The minimum atomic E-state index is -4.28. The van der Waals surface area contributed by atoms with Gasteiger partial charge in [-0.3, -0.25) is 4.55 Å². The predicted molar refractivity (Wildman–Crippen MR) is 137 cm³/mol. The normalized spacial score (nSPS) is 12.0. The Balaban J connectivity index is 2.14. The zero-order chi connectivity index (χ0) is 23.2. The molecule has 3 nitrogen and oxygen atoms in total. The molecule has 2 aromatic carbocycles. The van der Waals surface area contributed by atoms with Crippen molar-refractivity contribution < 1.29 is 13.0 Å². The van der Waals surface area contributed by atoms with E-state index in [1.807, 2.05) is 24.3 Å². The van der Waals surface area contributed by atoms with Gasteiger partial charge in [0.2, 0.25) is 0 Å². The molecule has 0 spiro atoms. The van der Waals surface area contributed by atoms with E-state index in [9.17, 15) is 13.0 Å². The molecule has 0 aromatic heterocycles. The van der Waals surface area contributed by atoms with Crippen molar-refractivity contribution in [2.75, 3.05) is 0 Å².